The molecule has 0 saturated carbocycles. The van der Waals surface area contributed by atoms with Gasteiger partial charge in [0.2, 0.25) is 11.8 Å². The maximum absolute atomic E-state index is 12.3. The van der Waals surface area contributed by atoms with Crippen LogP contribution in [0.3, 0.4) is 0 Å². The van der Waals surface area contributed by atoms with E-state index in [1.54, 1.807) is 29.6 Å². The van der Waals surface area contributed by atoms with E-state index in [2.05, 4.69) is 15.0 Å². The molecular formula is C21H16F3N3O3S. The summed E-state index contributed by atoms with van der Waals surface area (Å²) < 4.78 is 40.8. The van der Waals surface area contributed by atoms with Crippen LogP contribution in [-0.2, 0) is 9.59 Å². The van der Waals surface area contributed by atoms with Gasteiger partial charge in [0.05, 0.1) is 11.4 Å². The number of hydrogen-bond donors (Lipinski definition) is 1. The normalized spacial score (nSPS) is 11.4. The summed E-state index contributed by atoms with van der Waals surface area (Å²) >= 11 is 1.23. The zero-order valence-corrected chi connectivity index (χ0v) is 16.9. The smallest absolute Gasteiger partial charge is 0.406 e. The second kappa shape index (κ2) is 9.43. The van der Waals surface area contributed by atoms with Gasteiger partial charge in [0, 0.05) is 30.1 Å². The van der Waals surface area contributed by atoms with E-state index in [1.807, 2.05) is 6.07 Å². The SMILES string of the molecule is CC(=O)N(c1ccccc1)c1nc(/C=C/C(=O)Nc2cccc(OC(F)(F)F)c2)cs1. The molecule has 3 aromatic rings. The summed E-state index contributed by atoms with van der Waals surface area (Å²) in [5.41, 5.74) is 1.26. The Bertz CT molecular complexity index is 1100. The van der Waals surface area contributed by atoms with Crippen molar-refractivity contribution in [1.29, 1.82) is 0 Å². The molecule has 1 N–H and O–H groups in total. The van der Waals surface area contributed by atoms with Crippen molar-refractivity contribution in [3.8, 4) is 5.75 Å². The molecule has 6 nitrogen and oxygen atoms in total. The Balaban J connectivity index is 1.68. The van der Waals surface area contributed by atoms with E-state index in [0.29, 0.717) is 16.5 Å². The predicted octanol–water partition coefficient (Wildman–Crippen LogP) is 5.38. The Hall–Kier alpha value is -3.66. The van der Waals surface area contributed by atoms with Gasteiger partial charge in [-0.25, -0.2) is 4.98 Å². The van der Waals surface area contributed by atoms with Gasteiger partial charge in [-0.3, -0.25) is 14.5 Å². The quantitative estimate of drug-likeness (QED) is 0.515. The Morgan fingerprint density at radius 1 is 1.13 bits per heavy atom. The van der Waals surface area contributed by atoms with Crippen LogP contribution in [0.1, 0.15) is 12.6 Å². The zero-order chi connectivity index (χ0) is 22.4. The first-order valence-electron chi connectivity index (χ1n) is 8.87. The molecule has 2 amide bonds. The number of aromatic nitrogens is 1. The van der Waals surface area contributed by atoms with Gasteiger partial charge in [-0.05, 0) is 30.3 Å². The number of carbonyl (C=O) groups is 2. The van der Waals surface area contributed by atoms with Crippen LogP contribution in [0.4, 0.5) is 29.7 Å². The van der Waals surface area contributed by atoms with Crippen LogP contribution < -0.4 is 15.0 Å². The summed E-state index contributed by atoms with van der Waals surface area (Å²) in [6.45, 7) is 1.42. The van der Waals surface area contributed by atoms with Crippen LogP contribution in [0, 0.1) is 0 Å². The number of para-hydroxylation sites is 1. The van der Waals surface area contributed by atoms with E-state index in [-0.39, 0.29) is 11.6 Å². The fourth-order valence-electron chi connectivity index (χ4n) is 2.58. The molecule has 0 fully saturated rings. The molecule has 2 aromatic carbocycles. The average Bonchev–Trinajstić information content (AvgIpc) is 3.14. The second-order valence-electron chi connectivity index (χ2n) is 6.14. The van der Waals surface area contributed by atoms with Gasteiger partial charge in [0.25, 0.3) is 0 Å². The Labute approximate surface area is 179 Å². The molecular weight excluding hydrogens is 431 g/mol. The topological polar surface area (TPSA) is 71.5 Å². The molecule has 1 heterocycles. The maximum Gasteiger partial charge on any atom is 0.573 e. The van der Waals surface area contributed by atoms with Crippen molar-refractivity contribution in [2.45, 2.75) is 13.3 Å². The van der Waals surface area contributed by atoms with Crippen LogP contribution in [0.25, 0.3) is 6.08 Å². The van der Waals surface area contributed by atoms with Gasteiger partial charge in [0.1, 0.15) is 5.75 Å². The first kappa shape index (κ1) is 22.0. The van der Waals surface area contributed by atoms with Crippen LogP contribution in [0.15, 0.2) is 66.1 Å². The Kier molecular flexibility index (Phi) is 6.71. The number of hydrogen-bond acceptors (Lipinski definition) is 5. The first-order valence-corrected chi connectivity index (χ1v) is 9.75. The Morgan fingerprint density at radius 2 is 1.87 bits per heavy atom. The van der Waals surface area contributed by atoms with E-state index >= 15 is 0 Å². The minimum absolute atomic E-state index is 0.141. The zero-order valence-electron chi connectivity index (χ0n) is 16.1. The third-order valence-electron chi connectivity index (χ3n) is 3.77. The lowest BCUT2D eigenvalue weighted by Crippen LogP contribution is -2.22. The molecule has 0 unspecified atom stereocenters. The summed E-state index contributed by atoms with van der Waals surface area (Å²) in [5, 5.41) is 4.57. The molecule has 0 radical (unpaired) electrons. The fourth-order valence-corrected chi connectivity index (χ4v) is 3.43. The maximum atomic E-state index is 12.3. The van der Waals surface area contributed by atoms with E-state index in [1.165, 1.54) is 47.4 Å². The fraction of sp³-hybridized carbons (Fsp3) is 0.0952. The van der Waals surface area contributed by atoms with Gasteiger partial charge < -0.3 is 10.1 Å². The number of carbonyl (C=O) groups excluding carboxylic acids is 2. The highest BCUT2D eigenvalue weighted by Crippen LogP contribution is 2.29. The highest BCUT2D eigenvalue weighted by atomic mass is 32.1. The second-order valence-corrected chi connectivity index (χ2v) is 6.98. The number of ether oxygens (including phenoxy) is 1. The van der Waals surface area contributed by atoms with E-state index in [0.717, 1.165) is 12.1 Å². The highest BCUT2D eigenvalue weighted by molar-refractivity contribution is 7.14. The number of benzene rings is 2. The van der Waals surface area contributed by atoms with Crippen molar-refractivity contribution in [2.75, 3.05) is 10.2 Å². The van der Waals surface area contributed by atoms with Crippen LogP contribution in [0.5, 0.6) is 5.75 Å². The predicted molar refractivity (Wildman–Crippen MR) is 112 cm³/mol. The van der Waals surface area contributed by atoms with E-state index < -0.39 is 18.0 Å². The van der Waals surface area contributed by atoms with Crippen LogP contribution in [-0.4, -0.2) is 23.2 Å². The largest absolute Gasteiger partial charge is 0.573 e. The molecule has 0 aliphatic carbocycles. The van der Waals surface area contributed by atoms with Gasteiger partial charge in [-0.2, -0.15) is 0 Å². The first-order chi connectivity index (χ1) is 14.7. The number of anilines is 3. The molecule has 1 aromatic heterocycles. The van der Waals surface area contributed by atoms with E-state index in [9.17, 15) is 22.8 Å². The molecule has 10 heteroatoms. The summed E-state index contributed by atoms with van der Waals surface area (Å²) in [7, 11) is 0. The molecule has 0 aliphatic rings. The molecule has 31 heavy (non-hydrogen) atoms. The standard InChI is InChI=1S/C21H16F3N3O3S/c1-14(28)27(17-7-3-2-4-8-17)20-26-16(13-31-20)10-11-19(29)25-15-6-5-9-18(12-15)30-21(22,23)24/h2-13H,1H3,(H,25,29)/b11-10+. The number of amides is 2. The van der Waals surface area contributed by atoms with E-state index in [4.69, 9.17) is 0 Å². The van der Waals surface area contributed by atoms with Crippen molar-refractivity contribution in [2.24, 2.45) is 0 Å². The minimum atomic E-state index is -4.82. The van der Waals surface area contributed by atoms with Gasteiger partial charge in [-0.1, -0.05) is 24.3 Å². The van der Waals surface area contributed by atoms with Gasteiger partial charge >= 0.3 is 6.36 Å². The van der Waals surface area contributed by atoms with Crippen molar-refractivity contribution in [1.82, 2.24) is 4.98 Å². The van der Waals surface area contributed by atoms with Gasteiger partial charge in [0.15, 0.2) is 5.13 Å². The molecule has 0 atom stereocenters. The highest BCUT2D eigenvalue weighted by Gasteiger charge is 2.31. The van der Waals surface area contributed by atoms with Crippen molar-refractivity contribution in [3.05, 3.63) is 71.7 Å². The molecule has 160 valence electrons. The Morgan fingerprint density at radius 3 is 2.55 bits per heavy atom. The van der Waals surface area contributed by atoms with Gasteiger partial charge in [-0.15, -0.1) is 24.5 Å². The van der Waals surface area contributed by atoms with Crippen molar-refractivity contribution in [3.63, 3.8) is 0 Å². The lowest BCUT2D eigenvalue weighted by Gasteiger charge is -2.17. The number of nitrogens with zero attached hydrogens (tertiary/aromatic N) is 2. The number of alkyl halides is 3. The third-order valence-corrected chi connectivity index (χ3v) is 4.62. The van der Waals surface area contributed by atoms with Crippen molar-refractivity contribution < 1.29 is 27.5 Å². The molecule has 0 saturated heterocycles. The molecule has 0 spiro atoms. The van der Waals surface area contributed by atoms with Crippen LogP contribution in [0.2, 0.25) is 0 Å². The minimum Gasteiger partial charge on any atom is -0.406 e. The number of nitrogens with one attached hydrogen (secondary N) is 1. The molecule has 3 rings (SSSR count). The molecule has 0 aliphatic heterocycles. The third kappa shape index (κ3) is 6.41. The summed E-state index contributed by atoms with van der Waals surface area (Å²) in [5.74, 6) is -1.22. The monoisotopic (exact) mass is 447 g/mol. The number of thiazole rings is 1. The summed E-state index contributed by atoms with van der Waals surface area (Å²) in [6, 6.07) is 13.9. The lowest BCUT2D eigenvalue weighted by molar-refractivity contribution is -0.274. The van der Waals surface area contributed by atoms with Crippen molar-refractivity contribution >= 4 is 45.7 Å². The summed E-state index contributed by atoms with van der Waals surface area (Å²) in [6.07, 6.45) is -2.19. The molecule has 0 bridgehead atoms. The average molecular weight is 447 g/mol. The number of halogens is 3. The van der Waals surface area contributed by atoms with Crippen LogP contribution >= 0.6 is 11.3 Å². The number of rotatable bonds is 6. The summed E-state index contributed by atoms with van der Waals surface area (Å²) in [4.78, 5) is 30.0. The lowest BCUT2D eigenvalue weighted by atomic mass is 10.3.